The Morgan fingerprint density at radius 1 is 0.833 bits per heavy atom. The van der Waals surface area contributed by atoms with Gasteiger partial charge in [0, 0.05) is 19.4 Å². The Kier molecular flexibility index (Phi) is 15.3. The monoisotopic (exact) mass is 702 g/mol. The number of rotatable bonds is 18. The Morgan fingerprint density at radius 2 is 1.35 bits per heavy atom. The number of unbranched alkanes of at least 4 members (excludes halogenated alkanes) is 1. The molecule has 5 nitrogen and oxygen atoms in total. The molecule has 0 saturated carbocycles. The van der Waals surface area contributed by atoms with E-state index >= 15 is 0 Å². The standard InChI is InChI=1S/C40H54O5SSi2/c1-7-47(8-2,9-3)45-36(25-22-23-35(41)32-34-46(42,43)37-26-15-10-16-27-37)24-14-13-21-33-44-48(40(4,5)6,38-28-17-11-18-29-38)39-30-19-12-20-31-39/h10-12,14-20,24,26-31,36H,7-9,13,21,25,32-34H2,1-6H3/b24-14+/t36-/m1/s1. The second kappa shape index (κ2) is 18.6. The topological polar surface area (TPSA) is 69.7 Å². The molecule has 0 N–H and O–H groups in total. The van der Waals surface area contributed by atoms with Crippen LogP contribution in [0.5, 0.6) is 0 Å². The second-order valence-corrected chi connectivity index (χ2v) is 24.4. The van der Waals surface area contributed by atoms with Crippen molar-refractivity contribution < 1.29 is 22.1 Å². The molecule has 1 atom stereocenters. The maximum atomic E-state index is 12.6. The SMILES string of the molecule is CC[Si](CC)(CC)O[C@H](/C=C/CCCO[Si](c1ccccc1)(c1ccccc1)C(C)(C)C)CC#CC(=O)CCS(=O)(=O)c1ccccc1. The summed E-state index contributed by atoms with van der Waals surface area (Å²) in [5.74, 6) is 5.07. The molecular weight excluding hydrogens is 649 g/mol. The van der Waals surface area contributed by atoms with Crippen molar-refractivity contribution in [3.05, 3.63) is 103 Å². The zero-order valence-electron chi connectivity index (χ0n) is 29.7. The molecule has 3 aromatic rings. The lowest BCUT2D eigenvalue weighted by Crippen LogP contribution is -2.66. The van der Waals surface area contributed by atoms with Crippen molar-refractivity contribution in [2.24, 2.45) is 0 Å². The third-order valence-corrected chi connectivity index (χ3v) is 20.6. The van der Waals surface area contributed by atoms with Crippen LogP contribution in [0.2, 0.25) is 23.2 Å². The van der Waals surface area contributed by atoms with Crippen molar-refractivity contribution in [1.29, 1.82) is 0 Å². The van der Waals surface area contributed by atoms with Crippen LogP contribution >= 0.6 is 0 Å². The minimum atomic E-state index is -3.53. The molecule has 0 aliphatic heterocycles. The summed E-state index contributed by atoms with van der Waals surface area (Å²) >= 11 is 0. The zero-order chi connectivity index (χ0) is 35.1. The Morgan fingerprint density at radius 3 is 1.85 bits per heavy atom. The molecule has 0 aromatic heterocycles. The lowest BCUT2D eigenvalue weighted by atomic mass is 10.2. The van der Waals surface area contributed by atoms with Crippen LogP contribution in [0.15, 0.2) is 108 Å². The van der Waals surface area contributed by atoms with Crippen LogP contribution in [-0.4, -0.2) is 49.3 Å². The van der Waals surface area contributed by atoms with E-state index in [9.17, 15) is 13.2 Å². The Hall–Kier alpha value is -3.07. The Balaban J connectivity index is 1.68. The number of sulfone groups is 1. The van der Waals surface area contributed by atoms with Gasteiger partial charge in [0.15, 0.2) is 18.2 Å². The van der Waals surface area contributed by atoms with Crippen LogP contribution < -0.4 is 10.4 Å². The lowest BCUT2D eigenvalue weighted by molar-refractivity contribution is -0.113. The largest absolute Gasteiger partial charge is 0.410 e. The fraction of sp³-hybridized carbons (Fsp3) is 0.425. The smallest absolute Gasteiger partial charge is 0.261 e. The molecule has 0 heterocycles. The summed E-state index contributed by atoms with van der Waals surface area (Å²) in [5, 5.41) is 2.48. The van der Waals surface area contributed by atoms with Gasteiger partial charge in [-0.15, -0.1) is 0 Å². The van der Waals surface area contributed by atoms with Crippen molar-refractivity contribution in [3.63, 3.8) is 0 Å². The molecule has 0 radical (unpaired) electrons. The first-order valence-corrected chi connectivity index (χ1v) is 23.4. The van der Waals surface area contributed by atoms with E-state index in [1.165, 1.54) is 10.4 Å². The van der Waals surface area contributed by atoms with E-state index in [4.69, 9.17) is 8.85 Å². The lowest BCUT2D eigenvalue weighted by Gasteiger charge is -2.43. The fourth-order valence-corrected chi connectivity index (χ4v) is 14.9. The molecule has 0 aliphatic rings. The first-order valence-electron chi connectivity index (χ1n) is 17.3. The minimum Gasteiger partial charge on any atom is -0.410 e. The van der Waals surface area contributed by atoms with Crippen LogP contribution in [0, 0.1) is 11.8 Å². The number of hydrogen-bond donors (Lipinski definition) is 0. The van der Waals surface area contributed by atoms with Crippen LogP contribution in [-0.2, 0) is 23.5 Å². The van der Waals surface area contributed by atoms with Gasteiger partial charge in [-0.2, -0.15) is 0 Å². The third-order valence-electron chi connectivity index (χ3n) is 9.17. The van der Waals surface area contributed by atoms with E-state index in [2.05, 4.69) is 126 Å². The molecule has 0 unspecified atom stereocenters. The molecule has 0 bridgehead atoms. The highest BCUT2D eigenvalue weighted by Crippen LogP contribution is 2.37. The molecule has 258 valence electrons. The highest BCUT2D eigenvalue weighted by Gasteiger charge is 2.49. The maximum Gasteiger partial charge on any atom is 0.261 e. The number of Topliss-reactive ketones (excluding diaryl/α,β-unsaturated/α-hetero) is 1. The van der Waals surface area contributed by atoms with Crippen LogP contribution in [0.4, 0.5) is 0 Å². The summed E-state index contributed by atoms with van der Waals surface area (Å²) in [5.41, 5.74) is 0. The van der Waals surface area contributed by atoms with Gasteiger partial charge < -0.3 is 8.85 Å². The van der Waals surface area contributed by atoms with Gasteiger partial charge >= 0.3 is 0 Å². The molecular formula is C40H54O5SSi2. The molecule has 0 saturated heterocycles. The molecule has 0 aliphatic carbocycles. The molecule has 0 fully saturated rings. The second-order valence-electron chi connectivity index (χ2n) is 13.3. The summed E-state index contributed by atoms with van der Waals surface area (Å²) in [4.78, 5) is 12.8. The molecule has 8 heteroatoms. The third kappa shape index (κ3) is 10.7. The normalized spacial score (nSPS) is 13.2. The van der Waals surface area contributed by atoms with E-state index in [1.54, 1.807) is 30.3 Å². The van der Waals surface area contributed by atoms with Gasteiger partial charge in [-0.05, 0) is 64.4 Å². The maximum absolute atomic E-state index is 12.6. The average Bonchev–Trinajstić information content (AvgIpc) is 3.10. The quantitative estimate of drug-likeness (QED) is 0.0441. The summed E-state index contributed by atoms with van der Waals surface area (Å²) in [6.07, 6.45) is 6.00. The van der Waals surface area contributed by atoms with Gasteiger partial charge in [-0.1, -0.05) is 138 Å². The minimum absolute atomic E-state index is 0.0687. The summed E-state index contributed by atoms with van der Waals surface area (Å²) < 4.78 is 39.0. The van der Waals surface area contributed by atoms with Crippen LogP contribution in [0.25, 0.3) is 0 Å². The molecule has 3 rings (SSSR count). The Labute approximate surface area is 292 Å². The highest BCUT2D eigenvalue weighted by molar-refractivity contribution is 7.91. The number of benzene rings is 3. The van der Waals surface area contributed by atoms with Crippen molar-refractivity contribution in [2.75, 3.05) is 12.4 Å². The summed E-state index contributed by atoms with van der Waals surface area (Å²) in [6.45, 7) is 14.1. The first-order chi connectivity index (χ1) is 22.9. The molecule has 0 amide bonds. The number of carbonyl (C=O) groups is 1. The van der Waals surface area contributed by atoms with Crippen molar-refractivity contribution in [1.82, 2.24) is 0 Å². The number of allylic oxidation sites excluding steroid dienone is 1. The van der Waals surface area contributed by atoms with E-state index in [0.717, 1.165) is 31.0 Å². The van der Waals surface area contributed by atoms with Crippen LogP contribution in [0.3, 0.4) is 0 Å². The van der Waals surface area contributed by atoms with Crippen molar-refractivity contribution in [2.45, 2.75) is 101 Å². The predicted molar refractivity (Wildman–Crippen MR) is 205 cm³/mol. The van der Waals surface area contributed by atoms with Crippen molar-refractivity contribution >= 4 is 42.6 Å². The number of carbonyl (C=O) groups excluding carboxylic acids is 1. The zero-order valence-corrected chi connectivity index (χ0v) is 32.5. The van der Waals surface area contributed by atoms with Gasteiger partial charge in [0.2, 0.25) is 5.78 Å². The predicted octanol–water partition coefficient (Wildman–Crippen LogP) is 8.12. The molecule has 48 heavy (non-hydrogen) atoms. The van der Waals surface area contributed by atoms with E-state index in [1.807, 2.05) is 0 Å². The van der Waals surface area contributed by atoms with Gasteiger partial charge in [-0.25, -0.2) is 8.42 Å². The van der Waals surface area contributed by atoms with Crippen LogP contribution in [0.1, 0.15) is 67.2 Å². The van der Waals surface area contributed by atoms with E-state index in [-0.39, 0.29) is 34.0 Å². The van der Waals surface area contributed by atoms with E-state index in [0.29, 0.717) is 13.0 Å². The van der Waals surface area contributed by atoms with Crippen molar-refractivity contribution in [3.8, 4) is 11.8 Å². The summed E-state index contributed by atoms with van der Waals surface area (Å²) in [6, 6.07) is 32.7. The van der Waals surface area contributed by atoms with E-state index < -0.39 is 26.5 Å². The average molecular weight is 703 g/mol. The van der Waals surface area contributed by atoms with Gasteiger partial charge in [0.05, 0.1) is 16.8 Å². The molecule has 0 spiro atoms. The first kappa shape index (κ1) is 39.4. The van der Waals surface area contributed by atoms with Gasteiger partial charge in [0.25, 0.3) is 8.32 Å². The number of hydrogen-bond acceptors (Lipinski definition) is 5. The highest BCUT2D eigenvalue weighted by atomic mass is 32.2. The van der Waals surface area contributed by atoms with Gasteiger partial charge in [0.1, 0.15) is 0 Å². The Bertz CT molecular complexity index is 1550. The fourth-order valence-electron chi connectivity index (χ4n) is 6.19. The van der Waals surface area contributed by atoms with Gasteiger partial charge in [-0.3, -0.25) is 4.79 Å². The summed E-state index contributed by atoms with van der Waals surface area (Å²) in [7, 11) is -8.04. The number of ketones is 1. The molecule has 3 aromatic carbocycles.